The van der Waals surface area contributed by atoms with Crippen molar-refractivity contribution in [2.24, 2.45) is 0 Å². The lowest BCUT2D eigenvalue weighted by Crippen LogP contribution is -2.28. The van der Waals surface area contributed by atoms with Crippen molar-refractivity contribution < 1.29 is 18.0 Å². The van der Waals surface area contributed by atoms with Crippen molar-refractivity contribution in [3.63, 3.8) is 0 Å². The Bertz CT molecular complexity index is 1320. The van der Waals surface area contributed by atoms with Crippen molar-refractivity contribution in [1.82, 2.24) is 10.2 Å². The highest BCUT2D eigenvalue weighted by Crippen LogP contribution is 2.37. The third-order valence-corrected chi connectivity index (χ3v) is 8.76. The number of sulfonamides is 1. The van der Waals surface area contributed by atoms with E-state index in [2.05, 4.69) is 15.5 Å². The standard InChI is InChI=1S/C24H26N4O4S2/c1-25-23(30)21-19-13-14-27(2)15-20(19)33-24(21)26-22(29)16-9-11-18(12-10-16)34(31,32)28(3)17-7-5-4-6-8-17/h4-12H,13-15H2,1-3H3,(H,25,30)(H,26,29). The Labute approximate surface area is 203 Å². The summed E-state index contributed by atoms with van der Waals surface area (Å²) >= 11 is 1.40. The minimum Gasteiger partial charge on any atom is -0.355 e. The van der Waals surface area contributed by atoms with E-state index in [-0.39, 0.29) is 10.8 Å². The number of anilines is 2. The number of hydrogen-bond donors (Lipinski definition) is 2. The maximum absolute atomic E-state index is 13.0. The van der Waals surface area contributed by atoms with Gasteiger partial charge < -0.3 is 15.5 Å². The van der Waals surface area contributed by atoms with Crippen LogP contribution in [0.3, 0.4) is 0 Å². The van der Waals surface area contributed by atoms with E-state index in [1.807, 2.05) is 13.1 Å². The van der Waals surface area contributed by atoms with Crippen molar-refractivity contribution >= 4 is 43.9 Å². The Morgan fingerprint density at radius 3 is 2.35 bits per heavy atom. The van der Waals surface area contributed by atoms with Gasteiger partial charge in [-0.15, -0.1) is 11.3 Å². The molecule has 2 heterocycles. The minimum atomic E-state index is -3.78. The zero-order chi connectivity index (χ0) is 24.5. The van der Waals surface area contributed by atoms with Crippen molar-refractivity contribution in [2.75, 3.05) is 37.3 Å². The van der Waals surface area contributed by atoms with E-state index in [0.717, 1.165) is 30.0 Å². The number of carbonyl (C=O) groups excluding carboxylic acids is 2. The zero-order valence-corrected chi connectivity index (χ0v) is 20.8. The fourth-order valence-electron chi connectivity index (χ4n) is 3.87. The van der Waals surface area contributed by atoms with E-state index in [4.69, 9.17) is 0 Å². The number of rotatable bonds is 6. The molecule has 178 valence electrons. The Morgan fingerprint density at radius 1 is 1.03 bits per heavy atom. The number of likely N-dealkylation sites (N-methyl/N-ethyl adjacent to an activating group) is 1. The predicted octanol–water partition coefficient (Wildman–Crippen LogP) is 3.17. The molecule has 0 saturated heterocycles. The highest BCUT2D eigenvalue weighted by atomic mass is 32.2. The van der Waals surface area contributed by atoms with Crippen molar-refractivity contribution in [2.45, 2.75) is 17.9 Å². The third kappa shape index (κ3) is 4.56. The van der Waals surface area contributed by atoms with Crippen LogP contribution in [-0.4, -0.2) is 52.8 Å². The topological polar surface area (TPSA) is 98.8 Å². The van der Waals surface area contributed by atoms with E-state index < -0.39 is 15.9 Å². The molecule has 0 bridgehead atoms. The molecular weight excluding hydrogens is 472 g/mol. The quantitative estimate of drug-likeness (QED) is 0.544. The van der Waals surface area contributed by atoms with Gasteiger partial charge in [0.1, 0.15) is 5.00 Å². The number of fused-ring (bicyclic) bond motifs is 1. The second kappa shape index (κ2) is 9.57. The first-order valence-corrected chi connectivity index (χ1v) is 13.0. The summed E-state index contributed by atoms with van der Waals surface area (Å²) in [5.74, 6) is -0.639. The van der Waals surface area contributed by atoms with Gasteiger partial charge in [-0.3, -0.25) is 13.9 Å². The van der Waals surface area contributed by atoms with E-state index in [9.17, 15) is 18.0 Å². The second-order valence-electron chi connectivity index (χ2n) is 8.06. The second-order valence-corrected chi connectivity index (χ2v) is 11.1. The van der Waals surface area contributed by atoms with Crippen LogP contribution in [0.5, 0.6) is 0 Å². The van der Waals surface area contributed by atoms with Crippen LogP contribution in [0.4, 0.5) is 10.7 Å². The number of thiophene rings is 1. The minimum absolute atomic E-state index is 0.0797. The van der Waals surface area contributed by atoms with Crippen LogP contribution in [0.25, 0.3) is 0 Å². The molecule has 0 aliphatic carbocycles. The average Bonchev–Trinajstić information content (AvgIpc) is 3.20. The molecule has 10 heteroatoms. The maximum atomic E-state index is 13.0. The fraction of sp³-hybridized carbons (Fsp3) is 0.250. The molecule has 4 rings (SSSR count). The first-order valence-electron chi connectivity index (χ1n) is 10.7. The SMILES string of the molecule is CNC(=O)c1c(NC(=O)c2ccc(S(=O)(=O)N(C)c3ccccc3)cc2)sc2c1CCN(C)C2. The number of nitrogens with zero attached hydrogens (tertiary/aromatic N) is 2. The van der Waals surface area contributed by atoms with E-state index in [0.29, 0.717) is 21.8 Å². The van der Waals surface area contributed by atoms with Crippen LogP contribution in [0.2, 0.25) is 0 Å². The molecule has 2 aromatic carbocycles. The molecule has 1 aliphatic rings. The van der Waals surface area contributed by atoms with Gasteiger partial charge in [0.2, 0.25) is 0 Å². The van der Waals surface area contributed by atoms with Crippen LogP contribution < -0.4 is 14.9 Å². The van der Waals surface area contributed by atoms with Gasteiger partial charge in [0.25, 0.3) is 21.8 Å². The summed E-state index contributed by atoms with van der Waals surface area (Å²) in [6, 6.07) is 14.5. The van der Waals surface area contributed by atoms with Crippen LogP contribution in [0, 0.1) is 0 Å². The molecule has 0 saturated carbocycles. The highest BCUT2D eigenvalue weighted by molar-refractivity contribution is 7.92. The monoisotopic (exact) mass is 498 g/mol. The fourth-order valence-corrected chi connectivity index (χ4v) is 6.39. The highest BCUT2D eigenvalue weighted by Gasteiger charge is 2.28. The maximum Gasteiger partial charge on any atom is 0.264 e. The number of benzene rings is 2. The van der Waals surface area contributed by atoms with Gasteiger partial charge >= 0.3 is 0 Å². The summed E-state index contributed by atoms with van der Waals surface area (Å²) in [6.45, 7) is 1.57. The van der Waals surface area contributed by atoms with Gasteiger partial charge in [-0.25, -0.2) is 8.42 Å². The number of hydrogen-bond acceptors (Lipinski definition) is 6. The Kier molecular flexibility index (Phi) is 6.74. The molecule has 34 heavy (non-hydrogen) atoms. The predicted molar refractivity (Wildman–Crippen MR) is 134 cm³/mol. The average molecular weight is 499 g/mol. The van der Waals surface area contributed by atoms with Crippen LogP contribution in [0.15, 0.2) is 59.5 Å². The Hall–Kier alpha value is -3.21. The van der Waals surface area contributed by atoms with Gasteiger partial charge in [-0.2, -0.15) is 0 Å². The van der Waals surface area contributed by atoms with Gasteiger partial charge in [-0.1, -0.05) is 18.2 Å². The summed E-state index contributed by atoms with van der Waals surface area (Å²) < 4.78 is 27.1. The normalized spacial score (nSPS) is 13.7. The molecule has 0 unspecified atom stereocenters. The van der Waals surface area contributed by atoms with Crippen LogP contribution >= 0.6 is 11.3 Å². The molecule has 2 N–H and O–H groups in total. The first-order chi connectivity index (χ1) is 16.2. The molecular formula is C24H26N4O4S2. The smallest absolute Gasteiger partial charge is 0.264 e. The summed E-state index contributed by atoms with van der Waals surface area (Å²) in [5.41, 5.74) is 2.32. The van der Waals surface area contributed by atoms with E-state index in [1.165, 1.54) is 47.0 Å². The molecule has 3 aromatic rings. The molecule has 0 spiro atoms. The Morgan fingerprint density at radius 2 is 1.71 bits per heavy atom. The molecule has 8 nitrogen and oxygen atoms in total. The van der Waals surface area contributed by atoms with Crippen molar-refractivity contribution in [1.29, 1.82) is 0 Å². The number of amides is 2. The first kappa shape index (κ1) is 23.9. The Balaban J connectivity index is 1.57. The molecule has 0 radical (unpaired) electrons. The van der Waals surface area contributed by atoms with Gasteiger partial charge in [0.05, 0.1) is 16.1 Å². The van der Waals surface area contributed by atoms with Crippen LogP contribution in [0.1, 0.15) is 31.2 Å². The molecule has 0 atom stereocenters. The summed E-state index contributed by atoms with van der Waals surface area (Å²) in [7, 11) is 1.30. The third-order valence-electron chi connectivity index (χ3n) is 5.82. The van der Waals surface area contributed by atoms with E-state index >= 15 is 0 Å². The van der Waals surface area contributed by atoms with Crippen LogP contribution in [-0.2, 0) is 23.0 Å². The number of carbonyl (C=O) groups is 2. The largest absolute Gasteiger partial charge is 0.355 e. The zero-order valence-electron chi connectivity index (χ0n) is 19.2. The molecule has 1 aromatic heterocycles. The van der Waals surface area contributed by atoms with Gasteiger partial charge in [0.15, 0.2) is 0 Å². The summed E-state index contributed by atoms with van der Waals surface area (Å²) in [6.07, 6.45) is 0.739. The molecule has 0 fully saturated rings. The lowest BCUT2D eigenvalue weighted by atomic mass is 10.0. The number of para-hydroxylation sites is 1. The summed E-state index contributed by atoms with van der Waals surface area (Å²) in [4.78, 5) is 28.8. The van der Waals surface area contributed by atoms with Gasteiger partial charge in [-0.05, 0) is 55.4 Å². The number of nitrogens with one attached hydrogen (secondary N) is 2. The van der Waals surface area contributed by atoms with Crippen molar-refractivity contribution in [3.05, 3.63) is 76.2 Å². The lowest BCUT2D eigenvalue weighted by Gasteiger charge is -2.22. The summed E-state index contributed by atoms with van der Waals surface area (Å²) in [5, 5.41) is 6.03. The lowest BCUT2D eigenvalue weighted by molar-refractivity contribution is 0.0963. The van der Waals surface area contributed by atoms with Crippen molar-refractivity contribution in [3.8, 4) is 0 Å². The molecule has 2 amide bonds. The molecule has 1 aliphatic heterocycles. The van der Waals surface area contributed by atoms with Gasteiger partial charge in [0, 0.05) is 37.6 Å². The van der Waals surface area contributed by atoms with E-state index in [1.54, 1.807) is 31.3 Å².